The molecule has 0 heterocycles. The van der Waals surface area contributed by atoms with Crippen molar-refractivity contribution < 1.29 is 13.5 Å². The molecule has 1 unspecified atom stereocenters. The molecule has 192 valence electrons. The van der Waals surface area contributed by atoms with Gasteiger partial charge in [-0.1, -0.05) is 84.9 Å². The van der Waals surface area contributed by atoms with Crippen LogP contribution in [0.15, 0.2) is 97.1 Å². The van der Waals surface area contributed by atoms with Crippen LogP contribution >= 0.6 is 0 Å². The molecule has 0 aliphatic rings. The van der Waals surface area contributed by atoms with E-state index in [1.807, 2.05) is 12.1 Å². The summed E-state index contributed by atoms with van der Waals surface area (Å²) in [6, 6.07) is 31.2. The molecule has 4 aromatic rings. The van der Waals surface area contributed by atoms with Crippen LogP contribution in [0.2, 0.25) is 0 Å². The quantitative estimate of drug-likeness (QED) is 0.183. The van der Waals surface area contributed by atoms with E-state index in [0.29, 0.717) is 26.0 Å². The summed E-state index contributed by atoms with van der Waals surface area (Å²) < 4.78 is 34.7. The van der Waals surface area contributed by atoms with Gasteiger partial charge in [-0.25, -0.2) is 8.78 Å². The van der Waals surface area contributed by atoms with Crippen molar-refractivity contribution in [1.82, 2.24) is 4.90 Å². The third kappa shape index (κ3) is 7.58. The van der Waals surface area contributed by atoms with Gasteiger partial charge in [0.1, 0.15) is 11.6 Å². The van der Waals surface area contributed by atoms with Crippen LogP contribution in [0.5, 0.6) is 0 Å². The first-order valence-corrected chi connectivity index (χ1v) is 12.9. The molecule has 0 N–H and O–H groups in total. The first-order valence-electron chi connectivity index (χ1n) is 12.9. The summed E-state index contributed by atoms with van der Waals surface area (Å²) in [5.41, 5.74) is 6.17. The van der Waals surface area contributed by atoms with Gasteiger partial charge in [-0.15, -0.1) is 0 Å². The van der Waals surface area contributed by atoms with Crippen LogP contribution < -0.4 is 0 Å². The number of benzene rings is 4. The Morgan fingerprint density at radius 3 is 1.73 bits per heavy atom. The Balaban J connectivity index is 1.53. The molecule has 0 fully saturated rings. The molecule has 1 atom stereocenters. The molecule has 0 saturated carbocycles. The molecule has 4 aromatic carbocycles. The van der Waals surface area contributed by atoms with Crippen LogP contribution in [0.25, 0.3) is 0 Å². The zero-order chi connectivity index (χ0) is 26.0. The van der Waals surface area contributed by atoms with E-state index in [9.17, 15) is 8.78 Å². The summed E-state index contributed by atoms with van der Waals surface area (Å²) in [6.07, 6.45) is 0.672. The van der Waals surface area contributed by atoms with E-state index < -0.39 is 11.6 Å². The number of aryl methyl sites for hydroxylation is 2. The van der Waals surface area contributed by atoms with Crippen molar-refractivity contribution in [3.8, 4) is 0 Å². The second-order valence-corrected chi connectivity index (χ2v) is 9.61. The lowest BCUT2D eigenvalue weighted by molar-refractivity contribution is 0.0189. The summed E-state index contributed by atoms with van der Waals surface area (Å²) in [5, 5.41) is 0. The highest BCUT2D eigenvalue weighted by Gasteiger charge is 2.21. The highest BCUT2D eigenvalue weighted by Crippen LogP contribution is 2.28. The largest absolute Gasteiger partial charge is 0.372 e. The van der Waals surface area contributed by atoms with Crippen LogP contribution in [-0.2, 0) is 24.2 Å². The SMILES string of the molecule is Cc1cccc(C)c1C(CN(Cc1ccccc1)Cc1ccccc1)OCCCc1c(F)cccc1F. The molecule has 0 spiro atoms. The first-order chi connectivity index (χ1) is 18.0. The van der Waals surface area contributed by atoms with Gasteiger partial charge in [-0.3, -0.25) is 4.90 Å². The smallest absolute Gasteiger partial charge is 0.129 e. The van der Waals surface area contributed by atoms with Gasteiger partial charge >= 0.3 is 0 Å². The van der Waals surface area contributed by atoms with E-state index in [2.05, 4.69) is 85.5 Å². The molecule has 0 aromatic heterocycles. The fraction of sp³-hybridized carbons (Fsp3) is 0.273. The molecule has 0 aliphatic carbocycles. The molecule has 37 heavy (non-hydrogen) atoms. The highest BCUT2D eigenvalue weighted by atomic mass is 19.1. The van der Waals surface area contributed by atoms with Crippen molar-refractivity contribution in [2.24, 2.45) is 0 Å². The van der Waals surface area contributed by atoms with Gasteiger partial charge in [0.25, 0.3) is 0 Å². The van der Waals surface area contributed by atoms with E-state index >= 15 is 0 Å². The van der Waals surface area contributed by atoms with Gasteiger partial charge in [-0.05, 0) is 66.6 Å². The molecular formula is C33H35F2NO. The second kappa shape index (κ2) is 13.3. The summed E-state index contributed by atoms with van der Waals surface area (Å²) in [7, 11) is 0. The van der Waals surface area contributed by atoms with E-state index in [1.54, 1.807) is 0 Å². The van der Waals surface area contributed by atoms with Gasteiger partial charge in [0.15, 0.2) is 0 Å². The molecule has 0 radical (unpaired) electrons. The summed E-state index contributed by atoms with van der Waals surface area (Å²) >= 11 is 0. The normalized spacial score (nSPS) is 12.1. The molecule has 4 heteroatoms. The average molecular weight is 500 g/mol. The van der Waals surface area contributed by atoms with Crippen molar-refractivity contribution >= 4 is 0 Å². The van der Waals surface area contributed by atoms with E-state index in [1.165, 1.54) is 46.0 Å². The Morgan fingerprint density at radius 1 is 0.676 bits per heavy atom. The van der Waals surface area contributed by atoms with Crippen molar-refractivity contribution in [2.75, 3.05) is 13.2 Å². The molecule has 0 bridgehead atoms. The maximum Gasteiger partial charge on any atom is 0.129 e. The van der Waals surface area contributed by atoms with Gasteiger partial charge in [0.2, 0.25) is 0 Å². The first kappa shape index (κ1) is 26.7. The van der Waals surface area contributed by atoms with Gasteiger partial charge < -0.3 is 4.74 Å². The summed E-state index contributed by atoms with van der Waals surface area (Å²) in [5.74, 6) is -0.994. The van der Waals surface area contributed by atoms with E-state index in [4.69, 9.17) is 4.74 Å². The number of hydrogen-bond acceptors (Lipinski definition) is 2. The maximum absolute atomic E-state index is 14.1. The molecular weight excluding hydrogens is 464 g/mol. The van der Waals surface area contributed by atoms with Crippen molar-refractivity contribution in [3.63, 3.8) is 0 Å². The maximum atomic E-state index is 14.1. The molecule has 4 rings (SSSR count). The van der Waals surface area contributed by atoms with Crippen LogP contribution in [0.1, 0.15) is 45.9 Å². The third-order valence-corrected chi connectivity index (χ3v) is 6.74. The lowest BCUT2D eigenvalue weighted by Gasteiger charge is -2.30. The zero-order valence-corrected chi connectivity index (χ0v) is 21.7. The topological polar surface area (TPSA) is 12.5 Å². The number of nitrogens with zero attached hydrogens (tertiary/aromatic N) is 1. The highest BCUT2D eigenvalue weighted by molar-refractivity contribution is 5.36. The third-order valence-electron chi connectivity index (χ3n) is 6.74. The number of rotatable bonds is 12. The predicted molar refractivity (Wildman–Crippen MR) is 146 cm³/mol. The lowest BCUT2D eigenvalue weighted by Crippen LogP contribution is -2.30. The van der Waals surface area contributed by atoms with Crippen molar-refractivity contribution in [2.45, 2.75) is 45.9 Å². The molecule has 0 amide bonds. The molecule has 0 aliphatic heterocycles. The molecule has 0 saturated heterocycles. The van der Waals surface area contributed by atoms with Crippen LogP contribution in [0.4, 0.5) is 8.78 Å². The van der Waals surface area contributed by atoms with Gasteiger partial charge in [-0.2, -0.15) is 0 Å². The van der Waals surface area contributed by atoms with Gasteiger partial charge in [0, 0.05) is 31.8 Å². The minimum atomic E-state index is -0.497. The standard InChI is InChI=1S/C33H35F2NO/c1-25-12-9-13-26(2)33(25)32(37-21-11-18-29-30(34)19-10-20-31(29)35)24-36(22-27-14-5-3-6-15-27)23-28-16-7-4-8-17-28/h3-10,12-17,19-20,32H,11,18,21-24H2,1-2H3. The van der Waals surface area contributed by atoms with E-state index in [-0.39, 0.29) is 11.7 Å². The lowest BCUT2D eigenvalue weighted by atomic mass is 9.97. The van der Waals surface area contributed by atoms with Crippen molar-refractivity contribution in [3.05, 3.63) is 142 Å². The Labute approximate surface area is 219 Å². The Kier molecular flexibility index (Phi) is 9.58. The summed E-state index contributed by atoms with van der Waals surface area (Å²) in [4.78, 5) is 2.41. The van der Waals surface area contributed by atoms with Crippen LogP contribution in [0, 0.1) is 25.5 Å². The van der Waals surface area contributed by atoms with Crippen molar-refractivity contribution in [1.29, 1.82) is 0 Å². The monoisotopic (exact) mass is 499 g/mol. The Bertz CT molecular complexity index is 1180. The number of halogens is 2. The Morgan fingerprint density at radius 2 is 1.19 bits per heavy atom. The zero-order valence-electron chi connectivity index (χ0n) is 21.7. The second-order valence-electron chi connectivity index (χ2n) is 9.61. The average Bonchev–Trinajstić information content (AvgIpc) is 2.89. The molecule has 2 nitrogen and oxygen atoms in total. The Hall–Kier alpha value is -3.34. The van der Waals surface area contributed by atoms with Crippen LogP contribution in [0.3, 0.4) is 0 Å². The summed E-state index contributed by atoms with van der Waals surface area (Å²) in [6.45, 7) is 6.93. The van der Waals surface area contributed by atoms with Gasteiger partial charge in [0.05, 0.1) is 6.10 Å². The fourth-order valence-electron chi connectivity index (χ4n) is 4.91. The predicted octanol–water partition coefficient (Wildman–Crippen LogP) is 7.97. The number of hydrogen-bond donors (Lipinski definition) is 0. The minimum Gasteiger partial charge on any atom is -0.372 e. The van der Waals surface area contributed by atoms with E-state index in [0.717, 1.165) is 13.1 Å². The number of ether oxygens (including phenoxy) is 1. The fourth-order valence-corrected chi connectivity index (χ4v) is 4.91. The van der Waals surface area contributed by atoms with Crippen LogP contribution in [-0.4, -0.2) is 18.1 Å². The minimum absolute atomic E-state index is 0.129.